The maximum atomic E-state index is 13.2. The van der Waals surface area contributed by atoms with Crippen molar-refractivity contribution in [3.8, 4) is 10.8 Å². The number of anilines is 2. The number of hydrogen-bond donors (Lipinski definition) is 1. The van der Waals surface area contributed by atoms with Gasteiger partial charge in [-0.15, -0.1) is 11.3 Å². The molecule has 4 aromatic rings. The normalized spacial score (nSPS) is 11.5. The van der Waals surface area contributed by atoms with Crippen LogP contribution < -0.4 is 5.32 Å². The monoisotopic (exact) mass is 410 g/mol. The number of aryl methyl sites for hydroxylation is 2. The van der Waals surface area contributed by atoms with Gasteiger partial charge in [0.1, 0.15) is 0 Å². The van der Waals surface area contributed by atoms with Crippen LogP contribution >= 0.6 is 11.3 Å². The maximum absolute atomic E-state index is 13.2. The van der Waals surface area contributed by atoms with Crippen LogP contribution in [0.5, 0.6) is 0 Å². The Morgan fingerprint density at radius 2 is 1.68 bits per heavy atom. The standard InChI is InChI=1S/C21H18N2O3S2/c1-14-11-15(2)13-16(12-14)22-20-21(23-19(26-20)18-9-6-10-27-18)28(24,25)17-7-4-3-5-8-17/h3-13,22H,1-2H3. The first-order valence-electron chi connectivity index (χ1n) is 8.63. The molecule has 142 valence electrons. The van der Waals surface area contributed by atoms with Crippen molar-refractivity contribution in [1.82, 2.24) is 4.98 Å². The van der Waals surface area contributed by atoms with Crippen molar-refractivity contribution < 1.29 is 12.8 Å². The van der Waals surface area contributed by atoms with Crippen molar-refractivity contribution in [2.75, 3.05) is 5.32 Å². The van der Waals surface area contributed by atoms with E-state index in [9.17, 15) is 8.42 Å². The molecule has 1 N–H and O–H groups in total. The minimum Gasteiger partial charge on any atom is -0.418 e. The molecule has 0 fully saturated rings. The number of hydrogen-bond acceptors (Lipinski definition) is 6. The number of nitrogens with zero attached hydrogens (tertiary/aromatic N) is 1. The molecule has 0 saturated heterocycles. The molecule has 0 aliphatic heterocycles. The van der Waals surface area contributed by atoms with Crippen molar-refractivity contribution in [1.29, 1.82) is 0 Å². The Morgan fingerprint density at radius 1 is 0.964 bits per heavy atom. The molecular weight excluding hydrogens is 392 g/mol. The van der Waals surface area contributed by atoms with Gasteiger partial charge in [0.2, 0.25) is 26.6 Å². The Labute approximate surface area is 167 Å². The van der Waals surface area contributed by atoms with Crippen molar-refractivity contribution in [2.45, 2.75) is 23.8 Å². The first kappa shape index (κ1) is 18.5. The molecular formula is C21H18N2O3S2. The molecule has 0 radical (unpaired) electrons. The average Bonchev–Trinajstić information content (AvgIpc) is 3.31. The largest absolute Gasteiger partial charge is 0.418 e. The Kier molecular flexibility index (Phi) is 4.78. The van der Waals surface area contributed by atoms with Crippen LogP contribution in [-0.4, -0.2) is 13.4 Å². The van der Waals surface area contributed by atoms with E-state index in [0.29, 0.717) is 0 Å². The molecule has 2 aromatic heterocycles. The highest BCUT2D eigenvalue weighted by molar-refractivity contribution is 7.91. The predicted molar refractivity (Wildman–Crippen MR) is 111 cm³/mol. The summed E-state index contributed by atoms with van der Waals surface area (Å²) in [5, 5.41) is 4.88. The number of rotatable bonds is 5. The summed E-state index contributed by atoms with van der Waals surface area (Å²) in [6.07, 6.45) is 0. The minimum absolute atomic E-state index is 0.109. The highest BCUT2D eigenvalue weighted by Crippen LogP contribution is 2.35. The van der Waals surface area contributed by atoms with Gasteiger partial charge in [-0.05, 0) is 60.7 Å². The molecule has 0 amide bonds. The van der Waals surface area contributed by atoms with E-state index >= 15 is 0 Å². The lowest BCUT2D eigenvalue weighted by Crippen LogP contribution is -2.05. The molecule has 0 atom stereocenters. The fraction of sp³-hybridized carbons (Fsp3) is 0.0952. The molecule has 5 nitrogen and oxygen atoms in total. The third-order valence-electron chi connectivity index (χ3n) is 4.12. The van der Waals surface area contributed by atoms with Gasteiger partial charge in [-0.25, -0.2) is 8.42 Å². The average molecular weight is 411 g/mol. The van der Waals surface area contributed by atoms with Crippen LogP contribution in [0.1, 0.15) is 11.1 Å². The van der Waals surface area contributed by atoms with E-state index in [-0.39, 0.29) is 21.7 Å². The summed E-state index contributed by atoms with van der Waals surface area (Å²) in [5.41, 5.74) is 2.87. The Balaban J connectivity index is 1.85. The van der Waals surface area contributed by atoms with Gasteiger partial charge in [0.05, 0.1) is 9.77 Å². The van der Waals surface area contributed by atoms with Gasteiger partial charge in [-0.1, -0.05) is 30.3 Å². The van der Waals surface area contributed by atoms with Crippen LogP contribution in [0.3, 0.4) is 0 Å². The zero-order valence-electron chi connectivity index (χ0n) is 15.3. The van der Waals surface area contributed by atoms with Crippen LogP contribution in [0.15, 0.2) is 80.4 Å². The van der Waals surface area contributed by atoms with Gasteiger partial charge in [-0.3, -0.25) is 0 Å². The van der Waals surface area contributed by atoms with Crippen LogP contribution in [-0.2, 0) is 9.84 Å². The fourth-order valence-electron chi connectivity index (χ4n) is 2.96. The zero-order chi connectivity index (χ0) is 19.7. The summed E-state index contributed by atoms with van der Waals surface area (Å²) < 4.78 is 32.3. The number of aromatic nitrogens is 1. The van der Waals surface area contributed by atoms with Crippen LogP contribution in [0.25, 0.3) is 10.8 Å². The second-order valence-corrected chi connectivity index (χ2v) is 9.26. The minimum atomic E-state index is -3.84. The Hall–Kier alpha value is -2.90. The lowest BCUT2D eigenvalue weighted by atomic mass is 10.1. The summed E-state index contributed by atoms with van der Waals surface area (Å²) in [6, 6.07) is 17.9. The van der Waals surface area contributed by atoms with Crippen molar-refractivity contribution in [3.05, 3.63) is 77.2 Å². The first-order valence-corrected chi connectivity index (χ1v) is 11.0. The summed E-state index contributed by atoms with van der Waals surface area (Å²) in [5.74, 6) is 0.383. The summed E-state index contributed by atoms with van der Waals surface area (Å²) in [4.78, 5) is 5.27. The van der Waals surface area contributed by atoms with Gasteiger partial charge in [0, 0.05) is 5.69 Å². The Bertz CT molecular complexity index is 1190. The fourth-order valence-corrected chi connectivity index (χ4v) is 4.89. The highest BCUT2D eigenvalue weighted by Gasteiger charge is 2.28. The lowest BCUT2D eigenvalue weighted by Gasteiger charge is -2.08. The predicted octanol–water partition coefficient (Wildman–Crippen LogP) is 5.60. The number of sulfone groups is 1. The SMILES string of the molecule is Cc1cc(C)cc(Nc2oc(-c3cccs3)nc2S(=O)(=O)c2ccccc2)c1. The van der Waals surface area contributed by atoms with E-state index in [0.717, 1.165) is 21.7 Å². The molecule has 28 heavy (non-hydrogen) atoms. The molecule has 2 aromatic carbocycles. The van der Waals surface area contributed by atoms with E-state index in [1.807, 2.05) is 49.6 Å². The Morgan fingerprint density at radius 3 is 2.32 bits per heavy atom. The molecule has 0 aliphatic rings. The van der Waals surface area contributed by atoms with E-state index in [1.165, 1.54) is 11.3 Å². The van der Waals surface area contributed by atoms with Gasteiger partial charge in [-0.2, -0.15) is 4.98 Å². The first-order chi connectivity index (χ1) is 13.4. The molecule has 7 heteroatoms. The number of nitrogens with one attached hydrogen (secondary N) is 1. The van der Waals surface area contributed by atoms with E-state index in [1.54, 1.807) is 30.3 Å². The summed E-state index contributed by atoms with van der Waals surface area (Å²) in [7, 11) is -3.84. The molecule has 0 spiro atoms. The van der Waals surface area contributed by atoms with Gasteiger partial charge in [0.25, 0.3) is 0 Å². The summed E-state index contributed by atoms with van der Waals surface area (Å²) >= 11 is 1.44. The third kappa shape index (κ3) is 3.58. The highest BCUT2D eigenvalue weighted by atomic mass is 32.2. The molecule has 2 heterocycles. The van der Waals surface area contributed by atoms with Gasteiger partial charge in [0.15, 0.2) is 0 Å². The molecule has 0 bridgehead atoms. The molecule has 0 aliphatic carbocycles. The van der Waals surface area contributed by atoms with Crippen LogP contribution in [0.4, 0.5) is 11.6 Å². The molecule has 4 rings (SSSR count). The third-order valence-corrected chi connectivity index (χ3v) is 6.65. The number of benzene rings is 2. The second kappa shape index (κ2) is 7.26. The topological polar surface area (TPSA) is 72.2 Å². The quantitative estimate of drug-likeness (QED) is 0.464. The van der Waals surface area contributed by atoms with Gasteiger partial charge < -0.3 is 9.73 Å². The van der Waals surface area contributed by atoms with E-state index in [2.05, 4.69) is 10.3 Å². The molecule has 0 saturated carbocycles. The number of oxazole rings is 1. The molecule has 0 unspecified atom stereocenters. The van der Waals surface area contributed by atoms with Gasteiger partial charge >= 0.3 is 0 Å². The van der Waals surface area contributed by atoms with Crippen molar-refractivity contribution in [2.24, 2.45) is 0 Å². The smallest absolute Gasteiger partial charge is 0.240 e. The van der Waals surface area contributed by atoms with Crippen LogP contribution in [0, 0.1) is 13.8 Å². The van der Waals surface area contributed by atoms with Crippen molar-refractivity contribution in [3.63, 3.8) is 0 Å². The maximum Gasteiger partial charge on any atom is 0.240 e. The van der Waals surface area contributed by atoms with E-state index in [4.69, 9.17) is 4.42 Å². The van der Waals surface area contributed by atoms with Crippen LogP contribution in [0.2, 0.25) is 0 Å². The summed E-state index contributed by atoms with van der Waals surface area (Å²) in [6.45, 7) is 3.97. The zero-order valence-corrected chi connectivity index (χ0v) is 17.0. The van der Waals surface area contributed by atoms with E-state index < -0.39 is 9.84 Å². The number of thiophene rings is 1. The van der Waals surface area contributed by atoms with Crippen molar-refractivity contribution >= 4 is 32.7 Å². The second-order valence-electron chi connectivity index (χ2n) is 6.45. The lowest BCUT2D eigenvalue weighted by molar-refractivity contribution is 0.582.